The third-order valence-corrected chi connectivity index (χ3v) is 2.41. The van der Waals surface area contributed by atoms with Crippen molar-refractivity contribution in [3.8, 4) is 0 Å². The third kappa shape index (κ3) is 11.7. The Morgan fingerprint density at radius 2 is 1.14 bits per heavy atom. The van der Waals surface area contributed by atoms with Crippen LogP contribution in [0, 0.1) is 13.8 Å². The lowest BCUT2D eigenvalue weighted by atomic mass is 10.1. The topological polar surface area (TPSA) is 0 Å². The molecule has 14 heavy (non-hydrogen) atoms. The number of rotatable bonds is 10. The van der Waals surface area contributed by atoms with Crippen molar-refractivity contribution in [2.45, 2.75) is 64.2 Å². The van der Waals surface area contributed by atoms with Crippen LogP contribution in [0.1, 0.15) is 64.2 Å². The van der Waals surface area contributed by atoms with Gasteiger partial charge in [-0.05, 0) is 25.7 Å². The van der Waals surface area contributed by atoms with Gasteiger partial charge in [-0.3, -0.25) is 0 Å². The van der Waals surface area contributed by atoms with Crippen LogP contribution in [0.2, 0.25) is 0 Å². The van der Waals surface area contributed by atoms with Gasteiger partial charge in [-0.2, -0.15) is 0 Å². The minimum atomic E-state index is 1.03. The molecule has 0 heteroatoms. The van der Waals surface area contributed by atoms with Crippen molar-refractivity contribution < 1.29 is 0 Å². The summed E-state index contributed by atoms with van der Waals surface area (Å²) < 4.78 is 0. The Bertz CT molecular complexity index is 113. The van der Waals surface area contributed by atoms with Gasteiger partial charge in [0.05, 0.1) is 0 Å². The van der Waals surface area contributed by atoms with Gasteiger partial charge in [-0.15, -0.1) is 0 Å². The maximum atomic E-state index is 3.85. The first kappa shape index (κ1) is 13.7. The molecule has 0 N–H and O–H groups in total. The molecule has 0 aromatic carbocycles. The van der Waals surface area contributed by atoms with E-state index in [9.17, 15) is 0 Å². The molecular weight excluding hydrogens is 168 g/mol. The lowest BCUT2D eigenvalue weighted by molar-refractivity contribution is 0.599. The standard InChI is InChI=1S/C14H26/c1-3-5-7-9-11-13-14-12-10-8-6-4-2/h7,9H,1-6,8,10-14H2. The zero-order chi connectivity index (χ0) is 10.5. The lowest BCUT2D eigenvalue weighted by Crippen LogP contribution is -1.78. The van der Waals surface area contributed by atoms with Crippen molar-refractivity contribution in [1.82, 2.24) is 0 Å². The smallest absolute Gasteiger partial charge is 0.0351 e. The van der Waals surface area contributed by atoms with Crippen LogP contribution in [0.25, 0.3) is 0 Å². The Kier molecular flexibility index (Phi) is 12.5. The van der Waals surface area contributed by atoms with E-state index in [4.69, 9.17) is 0 Å². The van der Waals surface area contributed by atoms with Crippen LogP contribution >= 0.6 is 0 Å². The van der Waals surface area contributed by atoms with Crippen molar-refractivity contribution in [3.63, 3.8) is 0 Å². The van der Waals surface area contributed by atoms with Gasteiger partial charge >= 0.3 is 0 Å². The summed E-state index contributed by atoms with van der Waals surface area (Å²) in [4.78, 5) is 0. The number of allylic oxidation sites excluding steroid dienone is 2. The largest absolute Gasteiger partial charge is 0.0885 e. The van der Waals surface area contributed by atoms with E-state index in [1.165, 1.54) is 44.9 Å². The average molecular weight is 194 g/mol. The maximum absolute atomic E-state index is 3.85. The summed E-state index contributed by atoms with van der Waals surface area (Å²) in [6.45, 7) is 7.65. The molecular formula is C14H26. The summed E-state index contributed by atoms with van der Waals surface area (Å²) in [5.41, 5.74) is 0. The number of hydrogen-bond acceptors (Lipinski definition) is 0. The van der Waals surface area contributed by atoms with Gasteiger partial charge in [0.15, 0.2) is 0 Å². The molecule has 2 radical (unpaired) electrons. The van der Waals surface area contributed by atoms with E-state index >= 15 is 0 Å². The predicted molar refractivity (Wildman–Crippen MR) is 66.0 cm³/mol. The van der Waals surface area contributed by atoms with E-state index < -0.39 is 0 Å². The molecule has 0 unspecified atom stereocenters. The third-order valence-electron chi connectivity index (χ3n) is 2.41. The van der Waals surface area contributed by atoms with E-state index in [0.29, 0.717) is 0 Å². The molecule has 0 amide bonds. The molecule has 0 aromatic rings. The Labute approximate surface area is 90.8 Å². The Hall–Kier alpha value is -0.260. The molecule has 82 valence electrons. The van der Waals surface area contributed by atoms with E-state index in [1.54, 1.807) is 0 Å². The van der Waals surface area contributed by atoms with Gasteiger partial charge < -0.3 is 0 Å². The summed E-state index contributed by atoms with van der Waals surface area (Å²) in [5, 5.41) is 0. The molecule has 0 fully saturated rings. The van der Waals surface area contributed by atoms with Crippen LogP contribution in [0.3, 0.4) is 0 Å². The fraction of sp³-hybridized carbons (Fsp3) is 0.714. The minimum Gasteiger partial charge on any atom is -0.0885 e. The second-order valence-electron chi connectivity index (χ2n) is 3.88. The zero-order valence-electron chi connectivity index (χ0n) is 9.64. The van der Waals surface area contributed by atoms with Gasteiger partial charge in [-0.25, -0.2) is 0 Å². The fourth-order valence-electron chi connectivity index (χ4n) is 1.50. The highest BCUT2D eigenvalue weighted by molar-refractivity contribution is 4.81. The fourth-order valence-corrected chi connectivity index (χ4v) is 1.50. The molecule has 0 saturated heterocycles. The zero-order valence-corrected chi connectivity index (χ0v) is 9.64. The Morgan fingerprint density at radius 1 is 0.571 bits per heavy atom. The van der Waals surface area contributed by atoms with Crippen molar-refractivity contribution in [2.75, 3.05) is 0 Å². The molecule has 0 aliphatic rings. The van der Waals surface area contributed by atoms with Crippen molar-refractivity contribution >= 4 is 0 Å². The van der Waals surface area contributed by atoms with Crippen LogP contribution in [0.15, 0.2) is 12.2 Å². The summed E-state index contributed by atoms with van der Waals surface area (Å²) in [6, 6.07) is 0. The van der Waals surface area contributed by atoms with Crippen molar-refractivity contribution in [3.05, 3.63) is 26.0 Å². The van der Waals surface area contributed by atoms with Gasteiger partial charge in [0.2, 0.25) is 0 Å². The van der Waals surface area contributed by atoms with E-state index in [0.717, 1.165) is 19.3 Å². The normalized spacial score (nSPS) is 11.3. The predicted octanol–water partition coefficient (Wildman–Crippen LogP) is 5.11. The monoisotopic (exact) mass is 194 g/mol. The molecule has 0 rings (SSSR count). The number of unbranched alkanes of at least 4 members (excludes halogenated alkanes) is 8. The highest BCUT2D eigenvalue weighted by Gasteiger charge is 1.88. The molecule has 0 bridgehead atoms. The van der Waals surface area contributed by atoms with E-state index in [1.807, 2.05) is 0 Å². The quantitative estimate of drug-likeness (QED) is 0.335. The highest BCUT2D eigenvalue weighted by Crippen LogP contribution is 2.08. The van der Waals surface area contributed by atoms with Crippen LogP contribution in [0.4, 0.5) is 0 Å². The van der Waals surface area contributed by atoms with E-state index in [2.05, 4.69) is 26.0 Å². The first-order valence-electron chi connectivity index (χ1n) is 6.15. The highest BCUT2D eigenvalue weighted by atomic mass is 13.9. The SMILES string of the molecule is [CH2]CCC=CCCCCCCCC[CH2]. The van der Waals surface area contributed by atoms with Crippen molar-refractivity contribution in [2.24, 2.45) is 0 Å². The van der Waals surface area contributed by atoms with Gasteiger partial charge in [0, 0.05) is 0 Å². The molecule has 0 aliphatic carbocycles. The molecule has 0 aliphatic heterocycles. The summed E-state index contributed by atoms with van der Waals surface area (Å²) >= 11 is 0. The van der Waals surface area contributed by atoms with Crippen LogP contribution in [-0.2, 0) is 0 Å². The molecule has 0 atom stereocenters. The average Bonchev–Trinajstić information content (AvgIpc) is 2.21. The lowest BCUT2D eigenvalue weighted by Gasteiger charge is -1.98. The second kappa shape index (κ2) is 12.7. The van der Waals surface area contributed by atoms with Gasteiger partial charge in [0.1, 0.15) is 0 Å². The summed E-state index contributed by atoms with van der Waals surface area (Å²) in [6.07, 6.45) is 17.3. The van der Waals surface area contributed by atoms with Crippen LogP contribution in [0.5, 0.6) is 0 Å². The first-order valence-corrected chi connectivity index (χ1v) is 6.15. The van der Waals surface area contributed by atoms with Gasteiger partial charge in [-0.1, -0.05) is 64.5 Å². The second-order valence-corrected chi connectivity index (χ2v) is 3.88. The summed E-state index contributed by atoms with van der Waals surface area (Å²) in [5.74, 6) is 0. The Balaban J connectivity index is 2.91. The maximum Gasteiger partial charge on any atom is -0.0351 e. The molecule has 0 aromatic heterocycles. The molecule has 0 heterocycles. The first-order chi connectivity index (χ1) is 6.91. The Morgan fingerprint density at radius 3 is 1.79 bits per heavy atom. The minimum absolute atomic E-state index is 1.03. The van der Waals surface area contributed by atoms with E-state index in [-0.39, 0.29) is 0 Å². The number of hydrogen-bond donors (Lipinski definition) is 0. The van der Waals surface area contributed by atoms with Gasteiger partial charge in [0.25, 0.3) is 0 Å². The molecule has 0 saturated carbocycles. The van der Waals surface area contributed by atoms with Crippen LogP contribution < -0.4 is 0 Å². The summed E-state index contributed by atoms with van der Waals surface area (Å²) in [7, 11) is 0. The molecule has 0 nitrogen and oxygen atoms in total. The van der Waals surface area contributed by atoms with Crippen LogP contribution in [-0.4, -0.2) is 0 Å². The van der Waals surface area contributed by atoms with Crippen molar-refractivity contribution in [1.29, 1.82) is 0 Å². The molecule has 0 spiro atoms.